The molecule has 3 aromatic rings. The van der Waals surface area contributed by atoms with E-state index in [4.69, 9.17) is 5.73 Å². The number of nitrogens with one attached hydrogen (secondary N) is 3. The van der Waals surface area contributed by atoms with Gasteiger partial charge >= 0.3 is 0 Å². The van der Waals surface area contributed by atoms with Gasteiger partial charge in [-0.2, -0.15) is 0 Å². The maximum atomic E-state index is 13.1. The third-order valence-corrected chi connectivity index (χ3v) is 5.96. The van der Waals surface area contributed by atoms with Gasteiger partial charge in [-0.05, 0) is 68.6 Å². The van der Waals surface area contributed by atoms with Crippen LogP contribution < -0.4 is 21.7 Å². The van der Waals surface area contributed by atoms with Gasteiger partial charge in [0.25, 0.3) is 5.91 Å². The number of anilines is 2. The third-order valence-electron chi connectivity index (χ3n) is 5.96. The lowest BCUT2D eigenvalue weighted by atomic mass is 10.0. The molecule has 0 radical (unpaired) electrons. The Labute approximate surface area is 187 Å². The molecule has 0 aliphatic carbocycles. The van der Waals surface area contributed by atoms with E-state index in [1.807, 2.05) is 50.2 Å². The van der Waals surface area contributed by atoms with Crippen molar-refractivity contribution in [3.63, 3.8) is 0 Å². The number of piperidine rings is 1. The number of pyridine rings is 1. The predicted octanol–water partition coefficient (Wildman–Crippen LogP) is 3.70. The minimum absolute atomic E-state index is 0.0630. The van der Waals surface area contributed by atoms with E-state index in [9.17, 15) is 9.59 Å². The first-order chi connectivity index (χ1) is 15.4. The molecule has 0 saturated carbocycles. The number of nitrogen functional groups attached to an aromatic ring is 1. The Hall–Kier alpha value is -3.45. The van der Waals surface area contributed by atoms with E-state index >= 15 is 0 Å². The summed E-state index contributed by atoms with van der Waals surface area (Å²) in [5, 5.41) is 10.2. The number of fused-ring (bicyclic) bond motifs is 1. The molecule has 32 heavy (non-hydrogen) atoms. The van der Waals surface area contributed by atoms with Gasteiger partial charge in [0.2, 0.25) is 5.91 Å². The fraction of sp³-hybridized carbons (Fsp3) is 0.320. The number of carbonyl (C=O) groups excluding carboxylic acids is 2. The van der Waals surface area contributed by atoms with Gasteiger partial charge in [0.05, 0.1) is 17.6 Å². The highest BCUT2D eigenvalue weighted by Gasteiger charge is 2.21. The second-order valence-corrected chi connectivity index (χ2v) is 8.37. The van der Waals surface area contributed by atoms with Crippen molar-refractivity contribution in [2.45, 2.75) is 45.2 Å². The van der Waals surface area contributed by atoms with Crippen LogP contribution in [0.3, 0.4) is 0 Å². The molecule has 2 amide bonds. The van der Waals surface area contributed by atoms with Crippen molar-refractivity contribution in [3.8, 4) is 0 Å². The number of para-hydroxylation sites is 1. The summed E-state index contributed by atoms with van der Waals surface area (Å²) in [5.74, 6) is 0.144. The fourth-order valence-electron chi connectivity index (χ4n) is 4.18. The van der Waals surface area contributed by atoms with Crippen molar-refractivity contribution in [2.75, 3.05) is 17.6 Å². The predicted molar refractivity (Wildman–Crippen MR) is 127 cm³/mol. The molecule has 2 heterocycles. The Balaban J connectivity index is 1.52. The van der Waals surface area contributed by atoms with Crippen LogP contribution in [0.5, 0.6) is 0 Å². The standard InChI is InChI=1S/C25H29N5O2/c1-15-10-11-17(29-25(32)22-9-5-6-12-27-22)13-19(15)24(31)28-16(2)20-14-23(26)30-21-8-4-3-7-18(20)21/h3-4,7-8,10-11,13-14,16,22,27H,5-6,9,12H2,1-2H3,(H2,26,30)(H,28,31)(H,29,32). The van der Waals surface area contributed by atoms with Gasteiger partial charge in [-0.1, -0.05) is 30.7 Å². The Kier molecular flexibility index (Phi) is 6.37. The Bertz CT molecular complexity index is 1150. The van der Waals surface area contributed by atoms with Crippen molar-refractivity contribution in [2.24, 2.45) is 0 Å². The highest BCUT2D eigenvalue weighted by molar-refractivity contribution is 6.00. The van der Waals surface area contributed by atoms with Crippen LogP contribution in [0.1, 0.15) is 53.7 Å². The van der Waals surface area contributed by atoms with Crippen molar-refractivity contribution < 1.29 is 9.59 Å². The molecule has 166 valence electrons. The van der Waals surface area contributed by atoms with Crippen molar-refractivity contribution >= 4 is 34.2 Å². The molecule has 5 N–H and O–H groups in total. The SMILES string of the molecule is Cc1ccc(NC(=O)C2CCCCN2)cc1C(=O)NC(C)c1cc(N)nc2ccccc12. The Morgan fingerprint density at radius 1 is 1.16 bits per heavy atom. The zero-order valence-electron chi connectivity index (χ0n) is 18.4. The van der Waals surface area contributed by atoms with Crippen LogP contribution in [0, 0.1) is 6.92 Å². The Morgan fingerprint density at radius 3 is 2.75 bits per heavy atom. The van der Waals surface area contributed by atoms with Crippen LogP contribution in [0.2, 0.25) is 0 Å². The molecule has 1 fully saturated rings. The van der Waals surface area contributed by atoms with Crippen LogP contribution in [-0.4, -0.2) is 29.4 Å². The van der Waals surface area contributed by atoms with Crippen molar-refractivity contribution in [1.82, 2.24) is 15.6 Å². The Morgan fingerprint density at radius 2 is 1.97 bits per heavy atom. The molecule has 1 aliphatic rings. The van der Waals surface area contributed by atoms with Gasteiger partial charge in [-0.25, -0.2) is 4.98 Å². The maximum Gasteiger partial charge on any atom is 0.252 e. The van der Waals surface area contributed by atoms with Crippen LogP contribution in [0.15, 0.2) is 48.5 Å². The van der Waals surface area contributed by atoms with E-state index in [1.54, 1.807) is 12.1 Å². The first-order valence-corrected chi connectivity index (χ1v) is 11.0. The average molecular weight is 432 g/mol. The quantitative estimate of drug-likeness (QED) is 0.493. The molecule has 0 bridgehead atoms. The number of hydrogen-bond donors (Lipinski definition) is 4. The summed E-state index contributed by atoms with van der Waals surface area (Å²) in [5.41, 5.74) is 9.67. The van der Waals surface area contributed by atoms with Crippen LogP contribution in [-0.2, 0) is 4.79 Å². The zero-order chi connectivity index (χ0) is 22.7. The molecule has 7 heteroatoms. The summed E-state index contributed by atoms with van der Waals surface area (Å²) in [4.78, 5) is 30.1. The first-order valence-electron chi connectivity index (χ1n) is 11.0. The zero-order valence-corrected chi connectivity index (χ0v) is 18.4. The highest BCUT2D eigenvalue weighted by atomic mass is 16.2. The van der Waals surface area contributed by atoms with E-state index in [0.29, 0.717) is 17.1 Å². The summed E-state index contributed by atoms with van der Waals surface area (Å²) in [6, 6.07) is 14.5. The van der Waals surface area contributed by atoms with Crippen LogP contribution in [0.25, 0.3) is 10.9 Å². The number of nitrogens with two attached hydrogens (primary N) is 1. The van der Waals surface area contributed by atoms with E-state index in [-0.39, 0.29) is 23.9 Å². The average Bonchev–Trinajstić information content (AvgIpc) is 2.80. The molecule has 1 aliphatic heterocycles. The number of hydrogen-bond acceptors (Lipinski definition) is 5. The van der Waals surface area contributed by atoms with Gasteiger partial charge in [0.15, 0.2) is 0 Å². The molecule has 2 aromatic carbocycles. The normalized spacial score (nSPS) is 17.0. The minimum Gasteiger partial charge on any atom is -0.384 e. The monoisotopic (exact) mass is 431 g/mol. The largest absolute Gasteiger partial charge is 0.384 e. The molecule has 2 atom stereocenters. The van der Waals surface area contributed by atoms with E-state index in [1.165, 1.54) is 0 Å². The van der Waals surface area contributed by atoms with Gasteiger partial charge < -0.3 is 21.7 Å². The molecule has 7 nitrogen and oxygen atoms in total. The second-order valence-electron chi connectivity index (χ2n) is 8.37. The maximum absolute atomic E-state index is 13.1. The van der Waals surface area contributed by atoms with Crippen LogP contribution >= 0.6 is 0 Å². The summed E-state index contributed by atoms with van der Waals surface area (Å²) in [7, 11) is 0. The lowest BCUT2D eigenvalue weighted by molar-refractivity contribution is -0.118. The summed E-state index contributed by atoms with van der Waals surface area (Å²) >= 11 is 0. The lowest BCUT2D eigenvalue weighted by Gasteiger charge is -2.23. The smallest absolute Gasteiger partial charge is 0.252 e. The van der Waals surface area contributed by atoms with Crippen molar-refractivity contribution in [3.05, 3.63) is 65.2 Å². The summed E-state index contributed by atoms with van der Waals surface area (Å²) in [6.45, 7) is 4.66. The molecule has 1 saturated heterocycles. The highest BCUT2D eigenvalue weighted by Crippen LogP contribution is 2.26. The number of aryl methyl sites for hydroxylation is 1. The minimum atomic E-state index is -0.276. The molecular formula is C25H29N5O2. The van der Waals surface area contributed by atoms with Gasteiger partial charge in [0.1, 0.15) is 5.82 Å². The molecule has 1 aromatic heterocycles. The van der Waals surface area contributed by atoms with Crippen LogP contribution in [0.4, 0.5) is 11.5 Å². The summed E-state index contributed by atoms with van der Waals surface area (Å²) < 4.78 is 0. The van der Waals surface area contributed by atoms with Gasteiger partial charge in [-0.3, -0.25) is 9.59 Å². The molecular weight excluding hydrogens is 402 g/mol. The summed E-state index contributed by atoms with van der Waals surface area (Å²) in [6.07, 6.45) is 2.96. The van der Waals surface area contributed by atoms with Gasteiger partial charge in [-0.15, -0.1) is 0 Å². The van der Waals surface area contributed by atoms with E-state index < -0.39 is 0 Å². The second kappa shape index (κ2) is 9.36. The first kappa shape index (κ1) is 21.8. The molecule has 2 unspecified atom stereocenters. The molecule has 4 rings (SSSR count). The lowest BCUT2D eigenvalue weighted by Crippen LogP contribution is -2.43. The van der Waals surface area contributed by atoms with E-state index in [0.717, 1.165) is 47.8 Å². The number of nitrogens with zero attached hydrogens (tertiary/aromatic N) is 1. The number of aromatic nitrogens is 1. The van der Waals surface area contributed by atoms with Crippen molar-refractivity contribution in [1.29, 1.82) is 0 Å². The number of amides is 2. The third kappa shape index (κ3) is 4.73. The number of benzene rings is 2. The number of carbonyl (C=O) groups is 2. The van der Waals surface area contributed by atoms with Gasteiger partial charge in [0, 0.05) is 16.6 Å². The van der Waals surface area contributed by atoms with E-state index in [2.05, 4.69) is 20.9 Å². The fourth-order valence-corrected chi connectivity index (χ4v) is 4.18. The molecule has 0 spiro atoms. The number of rotatable bonds is 5. The topological polar surface area (TPSA) is 109 Å².